The lowest BCUT2D eigenvalue weighted by Gasteiger charge is -2.28. The maximum absolute atomic E-state index is 10.7. The highest BCUT2D eigenvalue weighted by atomic mass is 16.5. The summed E-state index contributed by atoms with van der Waals surface area (Å²) in [5, 5.41) is 21.0. The number of aromatic hydroxyl groups is 1. The molecule has 1 saturated carbocycles. The van der Waals surface area contributed by atoms with Crippen LogP contribution in [0.5, 0.6) is 11.5 Å². The Morgan fingerprint density at radius 1 is 1.24 bits per heavy atom. The maximum atomic E-state index is 10.7. The quantitative estimate of drug-likeness (QED) is 0.537. The average Bonchev–Trinajstić information content (AvgIpc) is 3.37. The number of pyridine rings is 1. The molecule has 1 aliphatic carbocycles. The number of nitriles is 1. The number of nitrogens with zero attached hydrogens (tertiary/aromatic N) is 4. The standard InChI is InChI=1S/C22H21N5O2/c1-29-15-6-7-16(19(28)10-15)22-26-18-12-25-21-17(8-9-24-21)20(18)27(22)14-4-2-13(11-23)3-5-14/h6-10,12-14,28H,2-5H2,1H3,(H,24,25). The lowest BCUT2D eigenvalue weighted by Crippen LogP contribution is -2.18. The second-order valence-electron chi connectivity index (χ2n) is 7.56. The van der Waals surface area contributed by atoms with Gasteiger partial charge in [0, 0.05) is 29.6 Å². The fourth-order valence-corrected chi connectivity index (χ4v) is 4.43. The number of phenols is 1. The number of methoxy groups -OCH3 is 1. The molecule has 0 radical (unpaired) electrons. The first-order valence-corrected chi connectivity index (χ1v) is 9.80. The van der Waals surface area contributed by atoms with Crippen LogP contribution in [0.3, 0.4) is 0 Å². The Bertz CT molecular complexity index is 1240. The molecule has 4 aromatic rings. The molecule has 146 valence electrons. The first kappa shape index (κ1) is 17.6. The lowest BCUT2D eigenvalue weighted by molar-refractivity contribution is 0.320. The van der Waals surface area contributed by atoms with Crippen LogP contribution in [0.15, 0.2) is 36.7 Å². The fourth-order valence-electron chi connectivity index (χ4n) is 4.43. The van der Waals surface area contributed by atoms with Crippen LogP contribution in [-0.4, -0.2) is 31.7 Å². The number of nitrogens with one attached hydrogen (secondary N) is 1. The van der Waals surface area contributed by atoms with E-state index in [0.717, 1.165) is 53.6 Å². The first-order valence-electron chi connectivity index (χ1n) is 9.80. The Balaban J connectivity index is 1.74. The number of ether oxygens (including phenoxy) is 1. The number of hydrogen-bond donors (Lipinski definition) is 2. The highest BCUT2D eigenvalue weighted by molar-refractivity contribution is 6.02. The Morgan fingerprint density at radius 3 is 2.79 bits per heavy atom. The van der Waals surface area contributed by atoms with Gasteiger partial charge >= 0.3 is 0 Å². The van der Waals surface area contributed by atoms with E-state index >= 15 is 0 Å². The van der Waals surface area contributed by atoms with E-state index in [4.69, 9.17) is 9.72 Å². The highest BCUT2D eigenvalue weighted by Gasteiger charge is 2.28. The Morgan fingerprint density at radius 2 is 2.07 bits per heavy atom. The Hall–Kier alpha value is -3.53. The zero-order valence-electron chi connectivity index (χ0n) is 16.1. The van der Waals surface area contributed by atoms with Gasteiger partial charge in [0.05, 0.1) is 30.5 Å². The van der Waals surface area contributed by atoms with Gasteiger partial charge in [0.25, 0.3) is 0 Å². The topological polar surface area (TPSA) is 99.8 Å². The number of aromatic nitrogens is 4. The number of phenolic OH excluding ortho intramolecular Hbond substituents is 1. The molecule has 0 aliphatic heterocycles. The van der Waals surface area contributed by atoms with Crippen LogP contribution >= 0.6 is 0 Å². The zero-order chi connectivity index (χ0) is 20.0. The van der Waals surface area contributed by atoms with E-state index in [2.05, 4.69) is 20.6 Å². The molecular weight excluding hydrogens is 366 g/mol. The van der Waals surface area contributed by atoms with Crippen LogP contribution in [0.2, 0.25) is 0 Å². The summed E-state index contributed by atoms with van der Waals surface area (Å²) in [7, 11) is 1.58. The number of aromatic amines is 1. The summed E-state index contributed by atoms with van der Waals surface area (Å²) in [5.41, 5.74) is 3.29. The monoisotopic (exact) mass is 387 g/mol. The molecule has 7 heteroatoms. The van der Waals surface area contributed by atoms with Gasteiger partial charge in [-0.1, -0.05) is 0 Å². The molecule has 3 heterocycles. The molecule has 5 rings (SSSR count). The number of fused-ring (bicyclic) bond motifs is 3. The molecule has 1 aliphatic rings. The summed E-state index contributed by atoms with van der Waals surface area (Å²) < 4.78 is 7.47. The minimum absolute atomic E-state index is 0.118. The maximum Gasteiger partial charge on any atom is 0.145 e. The average molecular weight is 387 g/mol. The molecule has 0 atom stereocenters. The molecule has 1 aromatic carbocycles. The first-order chi connectivity index (χ1) is 14.2. The van der Waals surface area contributed by atoms with E-state index < -0.39 is 0 Å². The lowest BCUT2D eigenvalue weighted by atomic mass is 9.86. The van der Waals surface area contributed by atoms with Crippen molar-refractivity contribution < 1.29 is 9.84 Å². The summed E-state index contributed by atoms with van der Waals surface area (Å²) in [6.07, 6.45) is 7.21. The van der Waals surface area contributed by atoms with Crippen molar-refractivity contribution in [2.45, 2.75) is 31.7 Å². The highest BCUT2D eigenvalue weighted by Crippen LogP contribution is 2.41. The number of imidazole rings is 1. The van der Waals surface area contributed by atoms with Crippen molar-refractivity contribution in [3.05, 3.63) is 36.7 Å². The molecule has 7 nitrogen and oxygen atoms in total. The van der Waals surface area contributed by atoms with Crippen LogP contribution in [-0.2, 0) is 0 Å². The van der Waals surface area contributed by atoms with Crippen LogP contribution in [0.25, 0.3) is 33.5 Å². The molecule has 0 spiro atoms. The van der Waals surface area contributed by atoms with E-state index in [1.807, 2.05) is 24.4 Å². The third-order valence-electron chi connectivity index (χ3n) is 5.92. The predicted molar refractivity (Wildman–Crippen MR) is 110 cm³/mol. The van der Waals surface area contributed by atoms with Crippen molar-refractivity contribution in [3.63, 3.8) is 0 Å². The van der Waals surface area contributed by atoms with E-state index in [0.29, 0.717) is 11.3 Å². The number of hydrogen-bond acceptors (Lipinski definition) is 5. The molecule has 2 N–H and O–H groups in total. The smallest absolute Gasteiger partial charge is 0.145 e. The van der Waals surface area contributed by atoms with E-state index in [-0.39, 0.29) is 17.7 Å². The minimum atomic E-state index is 0.118. The normalized spacial score (nSPS) is 19.4. The largest absolute Gasteiger partial charge is 0.507 e. The molecule has 3 aromatic heterocycles. The Kier molecular flexibility index (Phi) is 4.13. The van der Waals surface area contributed by atoms with Gasteiger partial charge in [-0.25, -0.2) is 9.97 Å². The SMILES string of the molecule is COc1ccc(-c2nc3cnc4[nH]ccc4c3n2C2CCC(C#N)CC2)c(O)c1. The van der Waals surface area contributed by atoms with Crippen LogP contribution < -0.4 is 4.74 Å². The summed E-state index contributed by atoms with van der Waals surface area (Å²) in [6, 6.07) is 9.91. The molecule has 29 heavy (non-hydrogen) atoms. The second-order valence-corrected chi connectivity index (χ2v) is 7.56. The molecule has 1 fully saturated rings. The van der Waals surface area contributed by atoms with Crippen molar-refractivity contribution in [2.75, 3.05) is 7.11 Å². The van der Waals surface area contributed by atoms with Gasteiger partial charge in [-0.05, 0) is 43.9 Å². The van der Waals surface area contributed by atoms with Gasteiger partial charge in [-0.3, -0.25) is 0 Å². The number of H-pyrrole nitrogens is 1. The second kappa shape index (κ2) is 6.82. The fraction of sp³-hybridized carbons (Fsp3) is 0.318. The van der Waals surface area contributed by atoms with Crippen molar-refractivity contribution in [1.82, 2.24) is 19.5 Å². The van der Waals surface area contributed by atoms with Crippen molar-refractivity contribution >= 4 is 22.1 Å². The van der Waals surface area contributed by atoms with E-state index in [1.54, 1.807) is 19.4 Å². The van der Waals surface area contributed by atoms with E-state index in [9.17, 15) is 10.4 Å². The minimum Gasteiger partial charge on any atom is -0.507 e. The third kappa shape index (κ3) is 2.80. The van der Waals surface area contributed by atoms with Gasteiger partial charge < -0.3 is 19.4 Å². The van der Waals surface area contributed by atoms with Crippen molar-refractivity contribution in [1.29, 1.82) is 5.26 Å². The zero-order valence-corrected chi connectivity index (χ0v) is 16.1. The predicted octanol–water partition coefficient (Wildman–Crippen LogP) is 4.55. The molecular formula is C22H21N5O2. The molecule has 0 amide bonds. The van der Waals surface area contributed by atoms with Crippen molar-refractivity contribution in [3.8, 4) is 29.0 Å². The summed E-state index contributed by atoms with van der Waals surface area (Å²) >= 11 is 0. The molecule has 0 saturated heterocycles. The van der Waals surface area contributed by atoms with Gasteiger partial charge in [0.2, 0.25) is 0 Å². The number of benzene rings is 1. The van der Waals surface area contributed by atoms with E-state index in [1.165, 1.54) is 0 Å². The summed E-state index contributed by atoms with van der Waals surface area (Å²) in [6.45, 7) is 0. The van der Waals surface area contributed by atoms with Gasteiger partial charge in [-0.15, -0.1) is 0 Å². The van der Waals surface area contributed by atoms with Gasteiger partial charge in [-0.2, -0.15) is 5.26 Å². The third-order valence-corrected chi connectivity index (χ3v) is 5.92. The van der Waals surface area contributed by atoms with Gasteiger partial charge in [0.15, 0.2) is 0 Å². The molecule has 0 bridgehead atoms. The van der Waals surface area contributed by atoms with Gasteiger partial charge in [0.1, 0.15) is 28.5 Å². The molecule has 0 unspecified atom stereocenters. The summed E-state index contributed by atoms with van der Waals surface area (Å²) in [5.74, 6) is 1.56. The number of rotatable bonds is 3. The van der Waals surface area contributed by atoms with Crippen LogP contribution in [0.4, 0.5) is 0 Å². The van der Waals surface area contributed by atoms with Crippen LogP contribution in [0, 0.1) is 17.2 Å². The summed E-state index contributed by atoms with van der Waals surface area (Å²) in [4.78, 5) is 12.5. The van der Waals surface area contributed by atoms with Crippen LogP contribution in [0.1, 0.15) is 31.7 Å². The van der Waals surface area contributed by atoms with Crippen molar-refractivity contribution in [2.24, 2.45) is 5.92 Å². The Labute approximate surface area is 167 Å².